The van der Waals surface area contributed by atoms with Gasteiger partial charge in [-0.3, -0.25) is 9.59 Å². The molecule has 6 nitrogen and oxygen atoms in total. The number of aromatic nitrogens is 2. The van der Waals surface area contributed by atoms with Crippen LogP contribution in [0.3, 0.4) is 0 Å². The normalized spacial score (nSPS) is 10.6. The fourth-order valence-electron chi connectivity index (χ4n) is 2.68. The van der Waals surface area contributed by atoms with Crippen LogP contribution in [0.2, 0.25) is 5.02 Å². The van der Waals surface area contributed by atoms with Gasteiger partial charge in [-0.25, -0.2) is 4.98 Å². The number of hydrogen-bond acceptors (Lipinski definition) is 5. The number of nitrogens with one attached hydrogen (secondary N) is 2. The number of aromatic amines is 1. The Balaban J connectivity index is 1.61. The standard InChI is InChI=1S/C21H20ClN3O3S/c1-13-8-14(2)20(17(22)9-13)24-19(27)12-29-21-23-15(10-18(26)25-21)11-28-16-6-4-3-5-7-16/h3-10H,11-12H2,1-2H3,(H,24,27)(H,23,25,26). The van der Waals surface area contributed by atoms with Gasteiger partial charge >= 0.3 is 0 Å². The van der Waals surface area contributed by atoms with Gasteiger partial charge in [0, 0.05) is 6.07 Å². The van der Waals surface area contributed by atoms with Gasteiger partial charge in [-0.2, -0.15) is 0 Å². The average molecular weight is 430 g/mol. The number of carbonyl (C=O) groups excluding carboxylic acids is 1. The lowest BCUT2D eigenvalue weighted by atomic mass is 10.1. The van der Waals surface area contributed by atoms with E-state index in [9.17, 15) is 9.59 Å². The largest absolute Gasteiger partial charge is 0.487 e. The number of amides is 1. The molecule has 0 saturated carbocycles. The highest BCUT2D eigenvalue weighted by Gasteiger charge is 2.11. The summed E-state index contributed by atoms with van der Waals surface area (Å²) in [5, 5.41) is 3.66. The number of ether oxygens (including phenoxy) is 1. The molecule has 2 N–H and O–H groups in total. The van der Waals surface area contributed by atoms with E-state index < -0.39 is 0 Å². The van der Waals surface area contributed by atoms with E-state index in [0.29, 0.717) is 27.3 Å². The van der Waals surface area contributed by atoms with Crippen LogP contribution in [0.4, 0.5) is 5.69 Å². The molecule has 0 radical (unpaired) electrons. The van der Waals surface area contributed by atoms with Crippen LogP contribution in [0, 0.1) is 13.8 Å². The second-order valence-electron chi connectivity index (χ2n) is 6.42. The number of benzene rings is 2. The van der Waals surface area contributed by atoms with Gasteiger partial charge in [0.25, 0.3) is 5.56 Å². The molecule has 0 saturated heterocycles. The smallest absolute Gasteiger partial charge is 0.251 e. The van der Waals surface area contributed by atoms with Gasteiger partial charge in [-0.05, 0) is 43.2 Å². The first kappa shape index (κ1) is 21.0. The Hall–Kier alpha value is -2.77. The number of nitrogens with zero attached hydrogens (tertiary/aromatic N) is 1. The molecule has 8 heteroatoms. The molecule has 0 aliphatic heterocycles. The fourth-order valence-corrected chi connectivity index (χ4v) is 3.75. The summed E-state index contributed by atoms with van der Waals surface area (Å²) in [7, 11) is 0. The number of hydrogen-bond donors (Lipinski definition) is 2. The predicted octanol–water partition coefficient (Wildman–Crippen LogP) is 4.35. The molecule has 1 amide bonds. The molecule has 0 fully saturated rings. The Kier molecular flexibility index (Phi) is 6.95. The Morgan fingerprint density at radius 2 is 1.97 bits per heavy atom. The topological polar surface area (TPSA) is 84.1 Å². The third kappa shape index (κ3) is 6.10. The van der Waals surface area contributed by atoms with E-state index >= 15 is 0 Å². The van der Waals surface area contributed by atoms with Crippen LogP contribution in [0.1, 0.15) is 16.8 Å². The van der Waals surface area contributed by atoms with Gasteiger partial charge < -0.3 is 15.0 Å². The van der Waals surface area contributed by atoms with Gasteiger partial charge in [-0.15, -0.1) is 0 Å². The molecule has 150 valence electrons. The van der Waals surface area contributed by atoms with Crippen molar-refractivity contribution in [3.63, 3.8) is 0 Å². The summed E-state index contributed by atoms with van der Waals surface area (Å²) in [4.78, 5) is 31.2. The zero-order chi connectivity index (χ0) is 20.8. The maximum absolute atomic E-state index is 12.3. The molecular weight excluding hydrogens is 410 g/mol. The van der Waals surface area contributed by atoms with E-state index in [4.69, 9.17) is 16.3 Å². The molecule has 29 heavy (non-hydrogen) atoms. The second kappa shape index (κ2) is 9.62. The van der Waals surface area contributed by atoms with Crippen molar-refractivity contribution >= 4 is 35.0 Å². The van der Waals surface area contributed by atoms with Crippen molar-refractivity contribution in [2.45, 2.75) is 25.6 Å². The number of thioether (sulfide) groups is 1. The van der Waals surface area contributed by atoms with Crippen molar-refractivity contribution < 1.29 is 9.53 Å². The predicted molar refractivity (Wildman–Crippen MR) is 116 cm³/mol. The third-order valence-corrected chi connectivity index (χ3v) is 5.11. The molecule has 2 aromatic carbocycles. The van der Waals surface area contributed by atoms with E-state index in [1.807, 2.05) is 50.2 Å². The lowest BCUT2D eigenvalue weighted by Gasteiger charge is -2.11. The molecule has 0 aliphatic rings. The van der Waals surface area contributed by atoms with Crippen molar-refractivity contribution in [2.24, 2.45) is 0 Å². The van der Waals surface area contributed by atoms with Crippen LogP contribution < -0.4 is 15.6 Å². The molecule has 3 aromatic rings. The van der Waals surface area contributed by atoms with Crippen molar-refractivity contribution in [1.82, 2.24) is 9.97 Å². The Morgan fingerprint density at radius 1 is 1.21 bits per heavy atom. The van der Waals surface area contributed by atoms with E-state index in [0.717, 1.165) is 22.9 Å². The Morgan fingerprint density at radius 3 is 2.69 bits per heavy atom. The van der Waals surface area contributed by atoms with Crippen molar-refractivity contribution in [3.8, 4) is 5.75 Å². The summed E-state index contributed by atoms with van der Waals surface area (Å²) >= 11 is 7.36. The molecule has 1 heterocycles. The number of anilines is 1. The minimum atomic E-state index is -0.299. The molecule has 0 spiro atoms. The number of halogens is 1. The molecule has 1 aromatic heterocycles. The summed E-state index contributed by atoms with van der Waals surface area (Å²) in [6, 6.07) is 14.4. The number of aryl methyl sites for hydroxylation is 2. The van der Waals surface area contributed by atoms with Crippen LogP contribution in [-0.4, -0.2) is 21.6 Å². The van der Waals surface area contributed by atoms with E-state index in [1.54, 1.807) is 6.07 Å². The van der Waals surface area contributed by atoms with Crippen LogP contribution in [0.5, 0.6) is 5.75 Å². The van der Waals surface area contributed by atoms with Crippen LogP contribution >= 0.6 is 23.4 Å². The Bertz CT molecular complexity index is 1050. The van der Waals surface area contributed by atoms with Gasteiger partial charge in [-0.1, -0.05) is 47.6 Å². The summed E-state index contributed by atoms with van der Waals surface area (Å²) < 4.78 is 5.62. The van der Waals surface area contributed by atoms with Crippen LogP contribution in [0.25, 0.3) is 0 Å². The number of carbonyl (C=O) groups is 1. The molecule has 0 bridgehead atoms. The van der Waals surface area contributed by atoms with E-state index in [-0.39, 0.29) is 23.8 Å². The fraction of sp³-hybridized carbons (Fsp3) is 0.190. The minimum Gasteiger partial charge on any atom is -0.487 e. The first-order valence-corrected chi connectivity index (χ1v) is 10.2. The maximum Gasteiger partial charge on any atom is 0.251 e. The summed E-state index contributed by atoms with van der Waals surface area (Å²) in [6.45, 7) is 3.99. The van der Waals surface area contributed by atoms with Gasteiger partial charge in [0.2, 0.25) is 5.91 Å². The molecule has 0 aliphatic carbocycles. The highest BCUT2D eigenvalue weighted by Crippen LogP contribution is 2.27. The number of rotatable bonds is 7. The van der Waals surface area contributed by atoms with Crippen molar-refractivity contribution in [1.29, 1.82) is 0 Å². The third-order valence-electron chi connectivity index (χ3n) is 3.94. The van der Waals surface area contributed by atoms with Gasteiger partial charge in [0.1, 0.15) is 12.4 Å². The highest BCUT2D eigenvalue weighted by molar-refractivity contribution is 7.99. The molecular formula is C21H20ClN3O3S. The lowest BCUT2D eigenvalue weighted by Crippen LogP contribution is -2.17. The van der Waals surface area contributed by atoms with Crippen LogP contribution in [-0.2, 0) is 11.4 Å². The van der Waals surface area contributed by atoms with Gasteiger partial charge in [0.15, 0.2) is 5.16 Å². The monoisotopic (exact) mass is 429 g/mol. The van der Waals surface area contributed by atoms with Crippen LogP contribution in [0.15, 0.2) is 58.5 Å². The first-order valence-electron chi connectivity index (χ1n) is 8.88. The lowest BCUT2D eigenvalue weighted by molar-refractivity contribution is -0.113. The SMILES string of the molecule is Cc1cc(C)c(NC(=O)CSc2nc(COc3ccccc3)cc(=O)[nH]2)c(Cl)c1. The number of para-hydroxylation sites is 1. The summed E-state index contributed by atoms with van der Waals surface area (Å²) in [5.74, 6) is 0.529. The minimum absolute atomic E-state index is 0.0789. The van der Waals surface area contributed by atoms with E-state index in [1.165, 1.54) is 6.07 Å². The quantitative estimate of drug-likeness (QED) is 0.431. The number of H-pyrrole nitrogens is 1. The molecule has 0 atom stereocenters. The summed E-state index contributed by atoms with van der Waals surface area (Å²) in [5.41, 5.74) is 2.69. The average Bonchev–Trinajstić information content (AvgIpc) is 2.68. The highest BCUT2D eigenvalue weighted by atomic mass is 35.5. The second-order valence-corrected chi connectivity index (χ2v) is 7.79. The van der Waals surface area contributed by atoms with Gasteiger partial charge in [0.05, 0.1) is 22.2 Å². The van der Waals surface area contributed by atoms with E-state index in [2.05, 4.69) is 15.3 Å². The van der Waals surface area contributed by atoms with Crippen molar-refractivity contribution in [3.05, 3.63) is 80.7 Å². The first-order chi connectivity index (χ1) is 13.9. The van der Waals surface area contributed by atoms with Crippen molar-refractivity contribution in [2.75, 3.05) is 11.1 Å². The Labute approximate surface area is 177 Å². The summed E-state index contributed by atoms with van der Waals surface area (Å²) in [6.07, 6.45) is 0. The molecule has 0 unspecified atom stereocenters. The zero-order valence-electron chi connectivity index (χ0n) is 16.0. The zero-order valence-corrected chi connectivity index (χ0v) is 17.6. The molecule has 3 rings (SSSR count). The maximum atomic E-state index is 12.3.